The van der Waals surface area contributed by atoms with E-state index >= 15 is 0 Å². The van der Waals surface area contributed by atoms with Gasteiger partial charge in [0.05, 0.1) is 26.9 Å². The normalized spacial score (nSPS) is 13.7. The van der Waals surface area contributed by atoms with Gasteiger partial charge in [0, 0.05) is 5.92 Å². The van der Waals surface area contributed by atoms with Crippen molar-refractivity contribution in [2.75, 3.05) is 20.8 Å². The summed E-state index contributed by atoms with van der Waals surface area (Å²) >= 11 is 0. The molecule has 0 heterocycles. The lowest BCUT2D eigenvalue weighted by molar-refractivity contribution is 0.0842. The summed E-state index contributed by atoms with van der Waals surface area (Å²) < 4.78 is 10.3. The molecule has 0 saturated carbocycles. The number of hydrogen-bond donors (Lipinski definition) is 2. The SMILES string of the molecule is COc1ccc(C=C[C@@H](c2ccc(OC)cc2)[C@H](O)CO)cc1. The van der Waals surface area contributed by atoms with E-state index in [4.69, 9.17) is 9.47 Å². The number of rotatable bonds is 7. The van der Waals surface area contributed by atoms with Crippen molar-refractivity contribution in [3.8, 4) is 11.5 Å². The highest BCUT2D eigenvalue weighted by Gasteiger charge is 2.17. The van der Waals surface area contributed by atoms with Crippen molar-refractivity contribution in [2.24, 2.45) is 0 Å². The molecule has 122 valence electrons. The van der Waals surface area contributed by atoms with E-state index < -0.39 is 6.10 Å². The van der Waals surface area contributed by atoms with Gasteiger partial charge in [0.1, 0.15) is 11.5 Å². The monoisotopic (exact) mass is 314 g/mol. The minimum atomic E-state index is -0.863. The summed E-state index contributed by atoms with van der Waals surface area (Å²) in [7, 11) is 3.24. The summed E-state index contributed by atoms with van der Waals surface area (Å²) in [6, 6.07) is 15.1. The molecule has 0 aliphatic carbocycles. The van der Waals surface area contributed by atoms with Crippen molar-refractivity contribution in [2.45, 2.75) is 12.0 Å². The number of aliphatic hydroxyl groups excluding tert-OH is 2. The first kappa shape index (κ1) is 17.1. The molecule has 0 spiro atoms. The third-order valence-corrected chi connectivity index (χ3v) is 3.71. The summed E-state index contributed by atoms with van der Waals surface area (Å²) in [4.78, 5) is 0. The Morgan fingerprint density at radius 2 is 1.43 bits per heavy atom. The number of benzene rings is 2. The van der Waals surface area contributed by atoms with Gasteiger partial charge in [-0.1, -0.05) is 36.4 Å². The van der Waals surface area contributed by atoms with Gasteiger partial charge in [-0.15, -0.1) is 0 Å². The van der Waals surface area contributed by atoms with Crippen LogP contribution < -0.4 is 9.47 Å². The minimum Gasteiger partial charge on any atom is -0.497 e. The van der Waals surface area contributed by atoms with Gasteiger partial charge < -0.3 is 19.7 Å². The van der Waals surface area contributed by atoms with Crippen molar-refractivity contribution in [3.05, 3.63) is 65.7 Å². The lowest BCUT2D eigenvalue weighted by atomic mass is 9.92. The molecule has 0 radical (unpaired) electrons. The van der Waals surface area contributed by atoms with Gasteiger partial charge >= 0.3 is 0 Å². The van der Waals surface area contributed by atoms with Crippen LogP contribution in [-0.2, 0) is 0 Å². The van der Waals surface area contributed by atoms with E-state index in [0.29, 0.717) is 0 Å². The van der Waals surface area contributed by atoms with Crippen molar-refractivity contribution in [1.29, 1.82) is 0 Å². The van der Waals surface area contributed by atoms with Crippen LogP contribution in [0.15, 0.2) is 54.6 Å². The molecular weight excluding hydrogens is 292 g/mol. The van der Waals surface area contributed by atoms with Crippen LogP contribution in [-0.4, -0.2) is 37.1 Å². The molecule has 2 aromatic carbocycles. The molecule has 2 N–H and O–H groups in total. The Hall–Kier alpha value is -2.30. The molecule has 0 aliphatic heterocycles. The molecule has 0 saturated heterocycles. The lowest BCUT2D eigenvalue weighted by Crippen LogP contribution is -2.20. The average Bonchev–Trinajstić information content (AvgIpc) is 2.62. The van der Waals surface area contributed by atoms with Gasteiger partial charge in [-0.2, -0.15) is 0 Å². The molecule has 4 heteroatoms. The van der Waals surface area contributed by atoms with Gasteiger partial charge in [-0.25, -0.2) is 0 Å². The summed E-state index contributed by atoms with van der Waals surface area (Å²) in [6.45, 7) is -0.302. The Kier molecular flexibility index (Phi) is 6.20. The van der Waals surface area contributed by atoms with Crippen LogP contribution in [0.4, 0.5) is 0 Å². The van der Waals surface area contributed by atoms with Crippen molar-refractivity contribution >= 4 is 6.08 Å². The highest BCUT2D eigenvalue weighted by atomic mass is 16.5. The fourth-order valence-electron chi connectivity index (χ4n) is 2.33. The molecule has 0 unspecified atom stereocenters. The van der Waals surface area contributed by atoms with E-state index in [0.717, 1.165) is 22.6 Å². The highest BCUT2D eigenvalue weighted by molar-refractivity contribution is 5.52. The highest BCUT2D eigenvalue weighted by Crippen LogP contribution is 2.25. The molecule has 2 rings (SSSR count). The van der Waals surface area contributed by atoms with Crippen LogP contribution in [0.5, 0.6) is 11.5 Å². The molecular formula is C19H22O4. The molecule has 0 amide bonds. The van der Waals surface area contributed by atoms with Crippen LogP contribution in [0, 0.1) is 0 Å². The number of ether oxygens (including phenoxy) is 2. The number of methoxy groups -OCH3 is 2. The first-order valence-electron chi connectivity index (χ1n) is 7.43. The zero-order chi connectivity index (χ0) is 16.7. The molecule has 0 fully saturated rings. The third kappa shape index (κ3) is 4.58. The summed E-state index contributed by atoms with van der Waals surface area (Å²) in [5.74, 6) is 1.25. The Morgan fingerprint density at radius 3 is 1.91 bits per heavy atom. The van der Waals surface area contributed by atoms with Crippen LogP contribution >= 0.6 is 0 Å². The van der Waals surface area contributed by atoms with E-state index in [1.165, 1.54) is 0 Å². The summed E-state index contributed by atoms with van der Waals surface area (Å²) in [5.41, 5.74) is 1.91. The molecule has 0 aromatic heterocycles. The molecule has 2 atom stereocenters. The topological polar surface area (TPSA) is 58.9 Å². The van der Waals surface area contributed by atoms with Crippen LogP contribution in [0.25, 0.3) is 6.08 Å². The van der Waals surface area contributed by atoms with Crippen LogP contribution in [0.3, 0.4) is 0 Å². The third-order valence-electron chi connectivity index (χ3n) is 3.71. The molecule has 2 aromatic rings. The second-order valence-electron chi connectivity index (χ2n) is 5.18. The minimum absolute atomic E-state index is 0.298. The van der Waals surface area contributed by atoms with Gasteiger partial charge in [-0.3, -0.25) is 0 Å². The summed E-state index contributed by atoms with van der Waals surface area (Å²) in [6.07, 6.45) is 2.95. The maximum absolute atomic E-state index is 10.1. The maximum Gasteiger partial charge on any atom is 0.118 e. The van der Waals surface area contributed by atoms with E-state index in [1.807, 2.05) is 60.7 Å². The first-order chi connectivity index (χ1) is 11.2. The molecule has 23 heavy (non-hydrogen) atoms. The zero-order valence-electron chi connectivity index (χ0n) is 13.3. The summed E-state index contributed by atoms with van der Waals surface area (Å²) in [5, 5.41) is 19.4. The van der Waals surface area contributed by atoms with E-state index in [2.05, 4.69) is 0 Å². The standard InChI is InChI=1S/C19H22O4/c1-22-16-8-3-14(4-9-16)5-12-18(19(21)13-20)15-6-10-17(23-2)11-7-15/h3-12,18-21H,13H2,1-2H3/t18-,19+/m0/s1. The van der Waals surface area contributed by atoms with Crippen molar-refractivity contribution in [1.82, 2.24) is 0 Å². The van der Waals surface area contributed by atoms with E-state index in [-0.39, 0.29) is 12.5 Å². The van der Waals surface area contributed by atoms with Crippen molar-refractivity contribution in [3.63, 3.8) is 0 Å². The average molecular weight is 314 g/mol. The van der Waals surface area contributed by atoms with E-state index in [9.17, 15) is 10.2 Å². The Bertz CT molecular complexity index is 617. The number of aliphatic hydroxyl groups is 2. The smallest absolute Gasteiger partial charge is 0.118 e. The van der Waals surface area contributed by atoms with Gasteiger partial charge in [-0.05, 0) is 35.4 Å². The fourth-order valence-corrected chi connectivity index (χ4v) is 2.33. The van der Waals surface area contributed by atoms with Gasteiger partial charge in [0.2, 0.25) is 0 Å². The Morgan fingerprint density at radius 1 is 0.913 bits per heavy atom. The van der Waals surface area contributed by atoms with Crippen LogP contribution in [0.2, 0.25) is 0 Å². The fraction of sp³-hybridized carbons (Fsp3) is 0.263. The van der Waals surface area contributed by atoms with Crippen molar-refractivity contribution < 1.29 is 19.7 Å². The molecule has 4 nitrogen and oxygen atoms in total. The maximum atomic E-state index is 10.1. The predicted molar refractivity (Wildman–Crippen MR) is 90.9 cm³/mol. The first-order valence-corrected chi connectivity index (χ1v) is 7.43. The molecule has 0 bridgehead atoms. The van der Waals surface area contributed by atoms with Gasteiger partial charge in [0.15, 0.2) is 0 Å². The largest absolute Gasteiger partial charge is 0.497 e. The lowest BCUT2D eigenvalue weighted by Gasteiger charge is -2.18. The molecule has 0 aliphatic rings. The second kappa shape index (κ2) is 8.36. The van der Waals surface area contributed by atoms with Gasteiger partial charge in [0.25, 0.3) is 0 Å². The van der Waals surface area contributed by atoms with E-state index in [1.54, 1.807) is 14.2 Å². The second-order valence-corrected chi connectivity index (χ2v) is 5.18. The van der Waals surface area contributed by atoms with Crippen LogP contribution in [0.1, 0.15) is 17.0 Å². The quantitative estimate of drug-likeness (QED) is 0.825. The predicted octanol–water partition coefficient (Wildman–Crippen LogP) is 2.85. The zero-order valence-corrected chi connectivity index (χ0v) is 13.3. The Labute approximate surface area is 136 Å². The number of hydrogen-bond acceptors (Lipinski definition) is 4. The Balaban J connectivity index is 2.21.